The molecule has 1 fully saturated rings. The molecule has 0 spiro atoms. The third-order valence-electron chi connectivity index (χ3n) is 3.61. The number of hydrogen-bond donors (Lipinski definition) is 1. The Hall–Kier alpha value is -1.12. The second kappa shape index (κ2) is 5.25. The molecule has 0 radical (unpaired) electrons. The van der Waals surface area contributed by atoms with E-state index in [1.54, 1.807) is 0 Å². The molecule has 1 atom stereocenters. The van der Waals surface area contributed by atoms with Gasteiger partial charge in [0.25, 0.3) is 0 Å². The van der Waals surface area contributed by atoms with Crippen molar-refractivity contribution in [1.29, 1.82) is 0 Å². The second-order valence-corrected chi connectivity index (χ2v) is 6.11. The largest absolute Gasteiger partial charge is 0.305 e. The third-order valence-corrected chi connectivity index (χ3v) is 4.67. The molecular formula is C16H19NS. The molecule has 94 valence electrons. The Morgan fingerprint density at radius 3 is 2.61 bits per heavy atom. The minimum absolute atomic E-state index is 0.438. The van der Waals surface area contributed by atoms with Gasteiger partial charge in [-0.15, -0.1) is 11.3 Å². The molecular weight excluding hydrogens is 238 g/mol. The maximum Gasteiger partial charge on any atom is 0.0388 e. The summed E-state index contributed by atoms with van der Waals surface area (Å²) in [5.74, 6) is 0.858. The normalized spacial score (nSPS) is 16.7. The van der Waals surface area contributed by atoms with Crippen molar-refractivity contribution in [2.45, 2.75) is 38.3 Å². The van der Waals surface area contributed by atoms with Crippen molar-refractivity contribution < 1.29 is 0 Å². The highest BCUT2D eigenvalue weighted by Gasteiger charge is 2.22. The molecule has 18 heavy (non-hydrogen) atoms. The second-order valence-electron chi connectivity index (χ2n) is 5.13. The minimum atomic E-state index is 0.438. The quantitative estimate of drug-likeness (QED) is 0.833. The van der Waals surface area contributed by atoms with Gasteiger partial charge < -0.3 is 5.32 Å². The number of rotatable bonds is 5. The monoisotopic (exact) mass is 257 g/mol. The first-order valence-electron chi connectivity index (χ1n) is 6.68. The van der Waals surface area contributed by atoms with Crippen LogP contribution in [-0.4, -0.2) is 0 Å². The maximum absolute atomic E-state index is 3.58. The first kappa shape index (κ1) is 11.9. The first-order chi connectivity index (χ1) is 8.83. The van der Waals surface area contributed by atoms with Gasteiger partial charge in [-0.1, -0.05) is 30.3 Å². The van der Waals surface area contributed by atoms with E-state index in [0.29, 0.717) is 6.04 Å². The van der Waals surface area contributed by atoms with Gasteiger partial charge in [-0.2, -0.15) is 0 Å². The van der Waals surface area contributed by atoms with Crippen molar-refractivity contribution in [2.24, 2.45) is 0 Å². The Bertz CT molecular complexity index is 482. The Morgan fingerprint density at radius 1 is 1.22 bits per heavy atom. The average molecular weight is 257 g/mol. The molecule has 0 unspecified atom stereocenters. The van der Waals surface area contributed by atoms with Crippen molar-refractivity contribution >= 4 is 11.3 Å². The zero-order valence-corrected chi connectivity index (χ0v) is 11.5. The molecule has 1 heterocycles. The maximum atomic E-state index is 3.58. The van der Waals surface area contributed by atoms with E-state index in [1.165, 1.54) is 28.8 Å². The van der Waals surface area contributed by atoms with E-state index in [0.717, 1.165) is 12.5 Å². The summed E-state index contributed by atoms with van der Waals surface area (Å²) in [6.07, 6.45) is 2.76. The van der Waals surface area contributed by atoms with E-state index in [4.69, 9.17) is 0 Å². The fourth-order valence-corrected chi connectivity index (χ4v) is 2.99. The third kappa shape index (κ3) is 2.82. The van der Waals surface area contributed by atoms with Crippen molar-refractivity contribution in [2.75, 3.05) is 0 Å². The van der Waals surface area contributed by atoms with Crippen LogP contribution in [0, 0.1) is 0 Å². The highest BCUT2D eigenvalue weighted by atomic mass is 32.1. The fourth-order valence-electron chi connectivity index (χ4n) is 2.23. The molecule has 1 aromatic heterocycles. The molecule has 0 saturated heterocycles. The lowest BCUT2D eigenvalue weighted by atomic mass is 10.1. The molecule has 0 bridgehead atoms. The highest BCUT2D eigenvalue weighted by Crippen LogP contribution is 2.39. The minimum Gasteiger partial charge on any atom is -0.305 e. The van der Waals surface area contributed by atoms with E-state index in [-0.39, 0.29) is 0 Å². The topological polar surface area (TPSA) is 12.0 Å². The van der Waals surface area contributed by atoms with Crippen LogP contribution in [0.1, 0.15) is 47.7 Å². The van der Waals surface area contributed by atoms with E-state index in [1.807, 2.05) is 11.3 Å². The van der Waals surface area contributed by atoms with Gasteiger partial charge in [0.1, 0.15) is 0 Å². The van der Waals surface area contributed by atoms with Crippen molar-refractivity contribution in [1.82, 2.24) is 5.32 Å². The van der Waals surface area contributed by atoms with Crippen LogP contribution in [0.25, 0.3) is 0 Å². The van der Waals surface area contributed by atoms with E-state index in [9.17, 15) is 0 Å². The summed E-state index contributed by atoms with van der Waals surface area (Å²) < 4.78 is 0. The summed E-state index contributed by atoms with van der Waals surface area (Å²) in [5.41, 5.74) is 2.90. The van der Waals surface area contributed by atoms with Gasteiger partial charge in [0.15, 0.2) is 0 Å². The van der Waals surface area contributed by atoms with Gasteiger partial charge in [-0.25, -0.2) is 0 Å². The lowest BCUT2D eigenvalue weighted by molar-refractivity contribution is 0.583. The molecule has 1 N–H and O–H groups in total. The Morgan fingerprint density at radius 2 is 2.00 bits per heavy atom. The van der Waals surface area contributed by atoms with Crippen LogP contribution in [-0.2, 0) is 6.54 Å². The lowest BCUT2D eigenvalue weighted by Gasteiger charge is -2.12. The summed E-state index contributed by atoms with van der Waals surface area (Å²) in [4.78, 5) is 1.41. The van der Waals surface area contributed by atoms with Gasteiger partial charge in [-0.05, 0) is 48.3 Å². The van der Waals surface area contributed by atoms with E-state index >= 15 is 0 Å². The first-order valence-corrected chi connectivity index (χ1v) is 7.56. The molecule has 2 aromatic rings. The van der Waals surface area contributed by atoms with Gasteiger partial charge in [0, 0.05) is 17.5 Å². The molecule has 0 amide bonds. The van der Waals surface area contributed by atoms with Gasteiger partial charge in [0.2, 0.25) is 0 Å². The summed E-state index contributed by atoms with van der Waals surface area (Å²) >= 11 is 1.82. The van der Waals surface area contributed by atoms with Crippen LogP contribution < -0.4 is 5.32 Å². The van der Waals surface area contributed by atoms with Crippen LogP contribution in [0.3, 0.4) is 0 Å². The Kier molecular flexibility index (Phi) is 3.48. The van der Waals surface area contributed by atoms with Gasteiger partial charge in [0.05, 0.1) is 0 Å². The van der Waals surface area contributed by atoms with E-state index < -0.39 is 0 Å². The van der Waals surface area contributed by atoms with Crippen LogP contribution in [0.2, 0.25) is 0 Å². The standard InChI is InChI=1S/C16H19NS/c1-12(16-3-2-10-18-16)17-11-13-4-6-14(7-5-13)15-8-9-15/h2-7,10,12,15,17H,8-9,11H2,1H3/t12-/m1/s1. The van der Waals surface area contributed by atoms with Crippen molar-refractivity contribution in [3.8, 4) is 0 Å². The van der Waals surface area contributed by atoms with Crippen molar-refractivity contribution in [3.63, 3.8) is 0 Å². The molecule has 1 aromatic carbocycles. The summed E-state index contributed by atoms with van der Waals surface area (Å²) in [7, 11) is 0. The zero-order valence-electron chi connectivity index (χ0n) is 10.7. The number of nitrogens with one attached hydrogen (secondary N) is 1. The molecule has 1 aliphatic rings. The lowest BCUT2D eigenvalue weighted by Crippen LogP contribution is -2.17. The average Bonchev–Trinajstić information content (AvgIpc) is 3.11. The molecule has 3 rings (SSSR count). The number of hydrogen-bond acceptors (Lipinski definition) is 2. The smallest absolute Gasteiger partial charge is 0.0388 e. The molecule has 1 nitrogen and oxygen atoms in total. The van der Waals surface area contributed by atoms with Crippen LogP contribution in [0.5, 0.6) is 0 Å². The molecule has 0 aliphatic heterocycles. The number of benzene rings is 1. The predicted octanol–water partition coefficient (Wildman–Crippen LogP) is 4.48. The Balaban J connectivity index is 1.56. The summed E-state index contributed by atoms with van der Waals surface area (Å²) in [5, 5.41) is 5.71. The SMILES string of the molecule is C[C@@H](NCc1ccc(C2CC2)cc1)c1cccs1. The predicted molar refractivity (Wildman–Crippen MR) is 78.0 cm³/mol. The van der Waals surface area contributed by atoms with Crippen molar-refractivity contribution in [3.05, 3.63) is 57.8 Å². The molecule has 1 aliphatic carbocycles. The van der Waals surface area contributed by atoms with Gasteiger partial charge >= 0.3 is 0 Å². The van der Waals surface area contributed by atoms with Crippen LogP contribution in [0.15, 0.2) is 41.8 Å². The van der Waals surface area contributed by atoms with Gasteiger partial charge in [-0.3, -0.25) is 0 Å². The fraction of sp³-hybridized carbons (Fsp3) is 0.375. The van der Waals surface area contributed by atoms with Crippen LogP contribution >= 0.6 is 11.3 Å². The molecule has 2 heteroatoms. The summed E-state index contributed by atoms with van der Waals surface area (Å²) in [6, 6.07) is 13.9. The zero-order chi connectivity index (χ0) is 12.4. The summed E-state index contributed by atoms with van der Waals surface area (Å²) in [6.45, 7) is 3.18. The van der Waals surface area contributed by atoms with E-state index in [2.05, 4.69) is 54.0 Å². The van der Waals surface area contributed by atoms with Crippen LogP contribution in [0.4, 0.5) is 0 Å². The number of thiophene rings is 1. The Labute approximate surface area is 113 Å². The highest BCUT2D eigenvalue weighted by molar-refractivity contribution is 7.10. The molecule has 1 saturated carbocycles.